The Morgan fingerprint density at radius 3 is 2.54 bits per heavy atom. The fraction of sp³-hybridized carbons (Fsp3) is 0.438. The highest BCUT2D eigenvalue weighted by atomic mass is 35.5. The van der Waals surface area contributed by atoms with E-state index in [1.54, 1.807) is 18.2 Å². The van der Waals surface area contributed by atoms with Gasteiger partial charge in [-0.3, -0.25) is 15.0 Å². The summed E-state index contributed by atoms with van der Waals surface area (Å²) in [6.07, 6.45) is 4.02. The number of amides is 4. The van der Waals surface area contributed by atoms with Gasteiger partial charge < -0.3 is 5.32 Å². The predicted molar refractivity (Wildman–Crippen MR) is 89.5 cm³/mol. The Labute approximate surface area is 149 Å². The average molecular weight is 370 g/mol. The van der Waals surface area contributed by atoms with E-state index in [9.17, 15) is 14.4 Å². The number of imide groups is 1. The van der Waals surface area contributed by atoms with E-state index in [-0.39, 0.29) is 12.3 Å². The van der Waals surface area contributed by atoms with Crippen LogP contribution in [0.25, 0.3) is 0 Å². The molecular formula is C16H17Cl2N3O3. The van der Waals surface area contributed by atoms with Crippen LogP contribution in [0.3, 0.4) is 0 Å². The van der Waals surface area contributed by atoms with Crippen molar-refractivity contribution >= 4 is 41.0 Å². The van der Waals surface area contributed by atoms with Gasteiger partial charge >= 0.3 is 6.03 Å². The molecule has 0 bridgehead atoms. The summed E-state index contributed by atoms with van der Waals surface area (Å²) >= 11 is 11.8. The lowest BCUT2D eigenvalue weighted by atomic mass is 9.82. The summed E-state index contributed by atoms with van der Waals surface area (Å²) in [6, 6.07) is 4.27. The van der Waals surface area contributed by atoms with E-state index < -0.39 is 17.5 Å². The summed E-state index contributed by atoms with van der Waals surface area (Å²) in [7, 11) is 0. The van der Waals surface area contributed by atoms with E-state index in [1.165, 1.54) is 0 Å². The quantitative estimate of drug-likeness (QED) is 0.804. The fourth-order valence-corrected chi connectivity index (χ4v) is 3.54. The molecule has 8 heteroatoms. The van der Waals surface area contributed by atoms with Gasteiger partial charge in [-0.2, -0.15) is 5.01 Å². The molecule has 6 nitrogen and oxygen atoms in total. The molecule has 1 saturated carbocycles. The van der Waals surface area contributed by atoms with Crippen LogP contribution in [0.1, 0.15) is 37.7 Å². The first-order chi connectivity index (χ1) is 11.4. The van der Waals surface area contributed by atoms with E-state index in [4.69, 9.17) is 23.2 Å². The highest BCUT2D eigenvalue weighted by Gasteiger charge is 2.52. The maximum atomic E-state index is 12.6. The molecule has 24 heavy (non-hydrogen) atoms. The van der Waals surface area contributed by atoms with Crippen molar-refractivity contribution in [1.82, 2.24) is 15.8 Å². The molecular weight excluding hydrogens is 353 g/mol. The van der Waals surface area contributed by atoms with Crippen LogP contribution in [-0.2, 0) is 16.0 Å². The van der Waals surface area contributed by atoms with Crippen molar-refractivity contribution in [1.29, 1.82) is 0 Å². The number of halogens is 2. The lowest BCUT2D eigenvalue weighted by molar-refractivity contribution is -0.139. The van der Waals surface area contributed by atoms with Crippen LogP contribution in [0.5, 0.6) is 0 Å². The monoisotopic (exact) mass is 369 g/mol. The van der Waals surface area contributed by atoms with Gasteiger partial charge in [0.05, 0.1) is 16.5 Å². The van der Waals surface area contributed by atoms with E-state index in [0.717, 1.165) is 24.3 Å². The number of rotatable bonds is 3. The van der Waals surface area contributed by atoms with Gasteiger partial charge in [0.15, 0.2) is 0 Å². The number of hydrogen-bond acceptors (Lipinski definition) is 3. The van der Waals surface area contributed by atoms with Crippen LogP contribution in [0.2, 0.25) is 10.0 Å². The molecule has 1 aromatic carbocycles. The Balaban J connectivity index is 1.66. The third-order valence-corrected chi connectivity index (χ3v) is 5.19. The summed E-state index contributed by atoms with van der Waals surface area (Å²) in [5.74, 6) is -0.848. The molecule has 2 N–H and O–H groups in total. The number of carbonyl (C=O) groups is 3. The molecule has 1 heterocycles. The molecule has 0 unspecified atom stereocenters. The van der Waals surface area contributed by atoms with E-state index in [1.807, 2.05) is 0 Å². The molecule has 1 spiro atoms. The van der Waals surface area contributed by atoms with Gasteiger partial charge in [0.1, 0.15) is 5.54 Å². The number of urea groups is 1. The average Bonchev–Trinajstić information content (AvgIpc) is 2.76. The molecule has 1 aliphatic carbocycles. The second-order valence-corrected chi connectivity index (χ2v) is 6.99. The normalized spacial score (nSPS) is 19.5. The Morgan fingerprint density at radius 1 is 1.17 bits per heavy atom. The van der Waals surface area contributed by atoms with Crippen molar-refractivity contribution in [2.24, 2.45) is 0 Å². The van der Waals surface area contributed by atoms with Gasteiger partial charge in [-0.15, -0.1) is 0 Å². The summed E-state index contributed by atoms with van der Waals surface area (Å²) in [5, 5.41) is 4.28. The highest BCUT2D eigenvalue weighted by Crippen LogP contribution is 2.33. The molecule has 2 aliphatic rings. The first-order valence-corrected chi connectivity index (χ1v) is 8.57. The summed E-state index contributed by atoms with van der Waals surface area (Å²) in [4.78, 5) is 36.8. The zero-order valence-corrected chi connectivity index (χ0v) is 14.4. The lowest BCUT2D eigenvalue weighted by Gasteiger charge is -2.30. The molecule has 128 valence electrons. The molecule has 4 amide bonds. The van der Waals surface area contributed by atoms with Crippen molar-refractivity contribution in [2.75, 3.05) is 0 Å². The SMILES string of the molecule is O=C(Cc1ccc(Cl)c(Cl)c1)NN1C(=O)NC2(CCCCC2)C1=O. The zero-order chi connectivity index (χ0) is 17.3. The molecule has 1 aliphatic heterocycles. The number of hydrogen-bond donors (Lipinski definition) is 2. The topological polar surface area (TPSA) is 78.5 Å². The predicted octanol–water partition coefficient (Wildman–Crippen LogP) is 2.82. The van der Waals surface area contributed by atoms with Crippen LogP contribution >= 0.6 is 23.2 Å². The first-order valence-electron chi connectivity index (χ1n) is 7.81. The Bertz CT molecular complexity index is 702. The lowest BCUT2D eigenvalue weighted by Crippen LogP contribution is -2.51. The largest absolute Gasteiger partial charge is 0.344 e. The van der Waals surface area contributed by atoms with Gasteiger partial charge in [-0.05, 0) is 30.5 Å². The fourth-order valence-electron chi connectivity index (χ4n) is 3.22. The second kappa shape index (κ2) is 6.61. The summed E-state index contributed by atoms with van der Waals surface area (Å²) in [5.41, 5.74) is 2.17. The molecule has 1 aromatic rings. The van der Waals surface area contributed by atoms with Gasteiger partial charge in [0.2, 0.25) is 5.91 Å². The zero-order valence-electron chi connectivity index (χ0n) is 12.9. The number of nitrogens with one attached hydrogen (secondary N) is 2. The number of nitrogens with zero attached hydrogens (tertiary/aromatic N) is 1. The molecule has 0 radical (unpaired) electrons. The van der Waals surface area contributed by atoms with E-state index >= 15 is 0 Å². The van der Waals surface area contributed by atoms with Crippen LogP contribution in [0.4, 0.5) is 4.79 Å². The summed E-state index contributed by atoms with van der Waals surface area (Å²) in [6.45, 7) is 0. The van der Waals surface area contributed by atoms with Gasteiger partial charge in [0, 0.05) is 0 Å². The first kappa shape index (κ1) is 17.0. The Kier molecular flexibility index (Phi) is 4.69. The molecule has 3 rings (SSSR count). The van der Waals surface area contributed by atoms with Crippen LogP contribution in [0.15, 0.2) is 18.2 Å². The molecule has 1 saturated heterocycles. The molecule has 2 fully saturated rings. The van der Waals surface area contributed by atoms with Crippen molar-refractivity contribution in [3.8, 4) is 0 Å². The number of hydrazine groups is 1. The van der Waals surface area contributed by atoms with E-state index in [0.29, 0.717) is 28.5 Å². The number of carbonyl (C=O) groups excluding carboxylic acids is 3. The van der Waals surface area contributed by atoms with Crippen molar-refractivity contribution in [2.45, 2.75) is 44.1 Å². The third kappa shape index (κ3) is 3.21. The third-order valence-electron chi connectivity index (χ3n) is 4.45. The Hall–Kier alpha value is -1.79. The van der Waals surface area contributed by atoms with Gasteiger partial charge in [-0.25, -0.2) is 4.79 Å². The second-order valence-electron chi connectivity index (χ2n) is 6.17. The van der Waals surface area contributed by atoms with Crippen molar-refractivity contribution < 1.29 is 14.4 Å². The minimum Gasteiger partial charge on any atom is -0.322 e. The maximum absolute atomic E-state index is 12.6. The Morgan fingerprint density at radius 2 is 1.88 bits per heavy atom. The minimum atomic E-state index is -0.855. The smallest absolute Gasteiger partial charge is 0.322 e. The van der Waals surface area contributed by atoms with Crippen LogP contribution in [0, 0.1) is 0 Å². The van der Waals surface area contributed by atoms with Crippen LogP contribution in [-0.4, -0.2) is 28.4 Å². The molecule has 0 aromatic heterocycles. The van der Waals surface area contributed by atoms with Gasteiger partial charge in [0.25, 0.3) is 5.91 Å². The van der Waals surface area contributed by atoms with Gasteiger partial charge in [-0.1, -0.05) is 48.5 Å². The van der Waals surface area contributed by atoms with Crippen molar-refractivity contribution in [3.63, 3.8) is 0 Å². The minimum absolute atomic E-state index is 0.0129. The highest BCUT2D eigenvalue weighted by molar-refractivity contribution is 6.42. The van der Waals surface area contributed by atoms with Crippen molar-refractivity contribution in [3.05, 3.63) is 33.8 Å². The standard InChI is InChI=1S/C16H17Cl2N3O3/c17-11-5-4-10(8-12(11)18)9-13(22)20-21-14(23)16(19-15(21)24)6-2-1-3-7-16/h4-5,8H,1-3,6-7,9H2,(H,19,24)(H,20,22). The summed E-state index contributed by atoms with van der Waals surface area (Å²) < 4.78 is 0. The maximum Gasteiger partial charge on any atom is 0.344 e. The molecule has 0 atom stereocenters. The number of benzene rings is 1. The van der Waals surface area contributed by atoms with Crippen LogP contribution < -0.4 is 10.7 Å². The van der Waals surface area contributed by atoms with E-state index in [2.05, 4.69) is 10.7 Å².